The smallest absolute Gasteiger partial charge is 0.268 e. The molecular formula is C25H24F3N5O2. The molecule has 1 aromatic carbocycles. The number of aliphatic hydroxyl groups is 1. The maximum absolute atomic E-state index is 16.0. The van der Waals surface area contributed by atoms with Gasteiger partial charge in [0.2, 0.25) is 0 Å². The van der Waals surface area contributed by atoms with Crippen LogP contribution in [0.1, 0.15) is 56.8 Å². The standard InChI is InChI=1S/C25H24F3N5O2/c1-24(35)11-14(12-24)22-31-19(20-21(29)30-8-10-33(20)22)15-5-4-13-6-9-32(23(34)17(13)18(15)26)16-3-2-7-25(16,27)28/h4-6,8-10,14,16,35H,2-3,7,11-12H2,1H3,(H2,29,30). The highest BCUT2D eigenvalue weighted by Gasteiger charge is 2.45. The average Bonchev–Trinajstić information content (AvgIpc) is 3.33. The first-order valence-electron chi connectivity index (χ1n) is 11.6. The van der Waals surface area contributed by atoms with E-state index in [-0.39, 0.29) is 41.2 Å². The summed E-state index contributed by atoms with van der Waals surface area (Å²) in [6, 6.07) is 3.29. The molecule has 7 nitrogen and oxygen atoms in total. The second-order valence-electron chi connectivity index (χ2n) is 10.0. The number of benzene rings is 1. The molecular weight excluding hydrogens is 459 g/mol. The third-order valence-electron chi connectivity index (χ3n) is 7.45. The lowest BCUT2D eigenvalue weighted by Gasteiger charge is -2.40. The molecule has 3 N–H and O–H groups in total. The lowest BCUT2D eigenvalue weighted by Crippen LogP contribution is -2.40. The zero-order valence-electron chi connectivity index (χ0n) is 19.0. The van der Waals surface area contributed by atoms with Gasteiger partial charge in [0.25, 0.3) is 11.5 Å². The molecule has 0 amide bonds. The Morgan fingerprint density at radius 1 is 1.20 bits per heavy atom. The van der Waals surface area contributed by atoms with Gasteiger partial charge in [-0.05, 0) is 50.1 Å². The first-order valence-corrected chi connectivity index (χ1v) is 11.6. The molecule has 3 aromatic heterocycles. The van der Waals surface area contributed by atoms with Gasteiger partial charge in [0.1, 0.15) is 34.7 Å². The lowest BCUT2D eigenvalue weighted by molar-refractivity contribution is -0.0336. The average molecular weight is 483 g/mol. The molecule has 182 valence electrons. The summed E-state index contributed by atoms with van der Waals surface area (Å²) in [5.41, 5.74) is 5.22. The number of aromatic nitrogens is 4. The predicted molar refractivity (Wildman–Crippen MR) is 125 cm³/mol. The van der Waals surface area contributed by atoms with E-state index in [1.165, 1.54) is 24.5 Å². The first kappa shape index (κ1) is 22.1. The second-order valence-corrected chi connectivity index (χ2v) is 10.0. The van der Waals surface area contributed by atoms with Crippen LogP contribution in [0.3, 0.4) is 0 Å². The summed E-state index contributed by atoms with van der Waals surface area (Å²) in [5.74, 6) is -3.16. The Labute approximate surface area is 198 Å². The van der Waals surface area contributed by atoms with Gasteiger partial charge in [-0.2, -0.15) is 0 Å². The van der Waals surface area contributed by atoms with E-state index in [0.29, 0.717) is 36.0 Å². The highest BCUT2D eigenvalue weighted by molar-refractivity contribution is 5.92. The SMILES string of the molecule is CC1(O)CC(c2nc(-c3ccc4ccn(C5CCCC5(F)F)c(=O)c4c3F)c3c(N)nccn23)C1. The van der Waals surface area contributed by atoms with Crippen molar-refractivity contribution in [1.29, 1.82) is 0 Å². The van der Waals surface area contributed by atoms with Crippen molar-refractivity contribution >= 4 is 22.1 Å². The van der Waals surface area contributed by atoms with Crippen molar-refractivity contribution in [2.24, 2.45) is 0 Å². The predicted octanol–water partition coefficient (Wildman–Crippen LogP) is 4.42. The van der Waals surface area contributed by atoms with Crippen LogP contribution >= 0.6 is 0 Å². The van der Waals surface area contributed by atoms with Crippen molar-refractivity contribution in [3.63, 3.8) is 0 Å². The number of anilines is 1. The van der Waals surface area contributed by atoms with E-state index in [2.05, 4.69) is 4.98 Å². The molecule has 2 saturated carbocycles. The first-order chi connectivity index (χ1) is 16.6. The van der Waals surface area contributed by atoms with Gasteiger partial charge in [0, 0.05) is 36.5 Å². The van der Waals surface area contributed by atoms with Crippen LogP contribution in [-0.4, -0.2) is 35.6 Å². The molecule has 3 heterocycles. The van der Waals surface area contributed by atoms with Crippen LogP contribution < -0.4 is 11.3 Å². The summed E-state index contributed by atoms with van der Waals surface area (Å²) < 4.78 is 47.5. The zero-order chi connectivity index (χ0) is 24.7. The fraction of sp³-hybridized carbons (Fsp3) is 0.400. The van der Waals surface area contributed by atoms with Gasteiger partial charge in [-0.1, -0.05) is 6.07 Å². The van der Waals surface area contributed by atoms with Gasteiger partial charge in [-0.15, -0.1) is 0 Å². The lowest BCUT2D eigenvalue weighted by atomic mass is 9.72. The van der Waals surface area contributed by atoms with Crippen LogP contribution in [0.4, 0.5) is 19.0 Å². The Hall–Kier alpha value is -3.40. The van der Waals surface area contributed by atoms with Gasteiger partial charge in [0.05, 0.1) is 11.0 Å². The molecule has 10 heteroatoms. The quantitative estimate of drug-likeness (QED) is 0.450. The van der Waals surface area contributed by atoms with Crippen molar-refractivity contribution in [1.82, 2.24) is 18.9 Å². The number of nitrogens with two attached hydrogens (primary N) is 1. The Bertz CT molecular complexity index is 1550. The summed E-state index contributed by atoms with van der Waals surface area (Å²) in [5, 5.41) is 10.3. The van der Waals surface area contributed by atoms with Gasteiger partial charge in [-0.25, -0.2) is 23.1 Å². The number of nitrogen functional groups attached to an aromatic ring is 1. The maximum Gasteiger partial charge on any atom is 0.268 e. The van der Waals surface area contributed by atoms with Crippen LogP contribution in [-0.2, 0) is 0 Å². The third kappa shape index (κ3) is 3.26. The van der Waals surface area contributed by atoms with Gasteiger partial charge in [0.15, 0.2) is 0 Å². The molecule has 2 aliphatic rings. The molecule has 1 atom stereocenters. The van der Waals surface area contributed by atoms with Crippen molar-refractivity contribution in [2.75, 3.05) is 5.73 Å². The van der Waals surface area contributed by atoms with Crippen molar-refractivity contribution in [3.05, 3.63) is 58.8 Å². The molecule has 0 radical (unpaired) electrons. The fourth-order valence-electron chi connectivity index (χ4n) is 5.73. The summed E-state index contributed by atoms with van der Waals surface area (Å²) in [6.45, 7) is 1.75. The zero-order valence-corrected chi connectivity index (χ0v) is 19.0. The molecule has 0 saturated heterocycles. The Balaban J connectivity index is 1.56. The molecule has 1 unspecified atom stereocenters. The van der Waals surface area contributed by atoms with E-state index < -0.39 is 28.9 Å². The Morgan fingerprint density at radius 3 is 2.66 bits per heavy atom. The largest absolute Gasteiger partial charge is 0.390 e. The van der Waals surface area contributed by atoms with Crippen LogP contribution in [0.2, 0.25) is 0 Å². The summed E-state index contributed by atoms with van der Waals surface area (Å²) in [6.07, 6.45) is 5.67. The van der Waals surface area contributed by atoms with Crippen LogP contribution in [0.25, 0.3) is 27.5 Å². The van der Waals surface area contributed by atoms with Crippen molar-refractivity contribution < 1.29 is 18.3 Å². The normalized spacial score (nSPS) is 25.9. The molecule has 2 aliphatic carbocycles. The number of alkyl halides is 2. The van der Waals surface area contributed by atoms with E-state index >= 15 is 4.39 Å². The third-order valence-corrected chi connectivity index (χ3v) is 7.45. The highest BCUT2D eigenvalue weighted by atomic mass is 19.3. The number of fused-ring (bicyclic) bond motifs is 2. The van der Waals surface area contributed by atoms with E-state index in [1.807, 2.05) is 0 Å². The van der Waals surface area contributed by atoms with Crippen LogP contribution in [0.15, 0.2) is 41.6 Å². The molecule has 35 heavy (non-hydrogen) atoms. The fourth-order valence-corrected chi connectivity index (χ4v) is 5.73. The number of nitrogens with zero attached hydrogens (tertiary/aromatic N) is 4. The molecule has 0 bridgehead atoms. The van der Waals surface area contributed by atoms with Gasteiger partial charge < -0.3 is 15.4 Å². The molecule has 0 aliphatic heterocycles. The number of rotatable bonds is 3. The number of pyridine rings is 1. The summed E-state index contributed by atoms with van der Waals surface area (Å²) >= 11 is 0. The van der Waals surface area contributed by atoms with E-state index in [9.17, 15) is 18.7 Å². The maximum atomic E-state index is 16.0. The number of halogens is 3. The molecule has 6 rings (SSSR count). The molecule has 2 fully saturated rings. The minimum atomic E-state index is -3.02. The van der Waals surface area contributed by atoms with Crippen LogP contribution in [0.5, 0.6) is 0 Å². The van der Waals surface area contributed by atoms with E-state index in [0.717, 1.165) is 4.57 Å². The summed E-state index contributed by atoms with van der Waals surface area (Å²) in [4.78, 5) is 22.1. The Kier molecular flexibility index (Phi) is 4.61. The van der Waals surface area contributed by atoms with Crippen molar-refractivity contribution in [3.8, 4) is 11.3 Å². The highest BCUT2D eigenvalue weighted by Crippen LogP contribution is 2.46. The van der Waals surface area contributed by atoms with Gasteiger partial charge >= 0.3 is 0 Å². The monoisotopic (exact) mass is 483 g/mol. The minimum absolute atomic E-state index is 0.0417. The summed E-state index contributed by atoms with van der Waals surface area (Å²) in [7, 11) is 0. The molecule has 4 aromatic rings. The van der Waals surface area contributed by atoms with Crippen molar-refractivity contribution in [2.45, 2.75) is 62.5 Å². The minimum Gasteiger partial charge on any atom is -0.390 e. The second kappa shape index (κ2) is 7.30. The molecule has 0 spiro atoms. The number of hydrogen-bond donors (Lipinski definition) is 2. The van der Waals surface area contributed by atoms with E-state index in [1.54, 1.807) is 23.6 Å². The number of hydrogen-bond acceptors (Lipinski definition) is 5. The van der Waals surface area contributed by atoms with Gasteiger partial charge in [-0.3, -0.25) is 9.20 Å². The topological polar surface area (TPSA) is 98.4 Å². The number of imidazole rings is 1. The Morgan fingerprint density at radius 2 is 1.97 bits per heavy atom. The van der Waals surface area contributed by atoms with E-state index in [4.69, 9.17) is 10.7 Å². The van der Waals surface area contributed by atoms with Crippen LogP contribution in [0, 0.1) is 5.82 Å².